The molecule has 1 aromatic carbocycles. The van der Waals surface area contributed by atoms with Crippen LogP contribution >= 0.6 is 0 Å². The summed E-state index contributed by atoms with van der Waals surface area (Å²) in [5, 5.41) is 0. The summed E-state index contributed by atoms with van der Waals surface area (Å²) in [4.78, 5) is 2.45. The minimum atomic E-state index is 1.07. The first-order valence-electron chi connectivity index (χ1n) is 7.89. The highest BCUT2D eigenvalue weighted by Gasteiger charge is 2.06. The van der Waals surface area contributed by atoms with E-state index in [0.29, 0.717) is 0 Å². The van der Waals surface area contributed by atoms with Crippen molar-refractivity contribution >= 4 is 5.69 Å². The zero-order valence-corrected chi connectivity index (χ0v) is 12.3. The van der Waals surface area contributed by atoms with Crippen molar-refractivity contribution < 1.29 is 0 Å². The normalized spacial score (nSPS) is 14.9. The van der Waals surface area contributed by atoms with E-state index >= 15 is 0 Å². The first-order valence-corrected chi connectivity index (χ1v) is 7.89. The van der Waals surface area contributed by atoms with Crippen LogP contribution in [0.2, 0.25) is 0 Å². The van der Waals surface area contributed by atoms with Gasteiger partial charge in [-0.05, 0) is 37.0 Å². The third kappa shape index (κ3) is 4.74. The van der Waals surface area contributed by atoms with Crippen LogP contribution in [0.25, 0.3) is 0 Å². The zero-order chi connectivity index (χ0) is 13.3. The van der Waals surface area contributed by atoms with Crippen LogP contribution in [0, 0.1) is 0 Å². The van der Waals surface area contributed by atoms with Crippen molar-refractivity contribution in [3.05, 3.63) is 42.0 Å². The van der Waals surface area contributed by atoms with E-state index in [1.807, 2.05) is 0 Å². The van der Waals surface area contributed by atoms with Gasteiger partial charge in [-0.15, -0.1) is 0 Å². The van der Waals surface area contributed by atoms with Gasteiger partial charge in [0.1, 0.15) is 0 Å². The minimum Gasteiger partial charge on any atom is -0.368 e. The van der Waals surface area contributed by atoms with E-state index in [1.54, 1.807) is 0 Å². The Kier molecular flexibility index (Phi) is 6.00. The fraction of sp³-hybridized carbons (Fsp3) is 0.556. The van der Waals surface area contributed by atoms with E-state index in [1.165, 1.54) is 56.2 Å². The predicted molar refractivity (Wildman–Crippen MR) is 84.9 cm³/mol. The molecule has 1 aromatic rings. The molecule has 1 heteroatoms. The topological polar surface area (TPSA) is 3.24 Å². The average Bonchev–Trinajstić information content (AvgIpc) is 2.49. The second-order valence-electron chi connectivity index (χ2n) is 5.54. The fourth-order valence-electron chi connectivity index (χ4n) is 2.68. The molecule has 0 bridgehead atoms. The van der Waals surface area contributed by atoms with Gasteiger partial charge in [0.15, 0.2) is 0 Å². The molecule has 19 heavy (non-hydrogen) atoms. The Morgan fingerprint density at radius 1 is 0.947 bits per heavy atom. The van der Waals surface area contributed by atoms with Crippen LogP contribution in [0.3, 0.4) is 0 Å². The van der Waals surface area contributed by atoms with E-state index in [0.717, 1.165) is 13.1 Å². The van der Waals surface area contributed by atoms with Gasteiger partial charge >= 0.3 is 0 Å². The van der Waals surface area contributed by atoms with Gasteiger partial charge < -0.3 is 4.90 Å². The Morgan fingerprint density at radius 3 is 2.42 bits per heavy atom. The molecule has 0 aliphatic carbocycles. The smallest absolute Gasteiger partial charge is 0.0369 e. The first-order chi connectivity index (χ1) is 9.40. The van der Waals surface area contributed by atoms with Crippen molar-refractivity contribution in [3.8, 4) is 0 Å². The van der Waals surface area contributed by atoms with Crippen molar-refractivity contribution in [2.45, 2.75) is 51.9 Å². The minimum absolute atomic E-state index is 1.07. The third-order valence-corrected chi connectivity index (χ3v) is 3.93. The van der Waals surface area contributed by atoms with Crippen LogP contribution in [0.4, 0.5) is 5.69 Å². The van der Waals surface area contributed by atoms with Gasteiger partial charge in [0.25, 0.3) is 0 Å². The lowest BCUT2D eigenvalue weighted by atomic mass is 10.0. The van der Waals surface area contributed by atoms with Crippen LogP contribution in [0.1, 0.15) is 51.0 Å². The molecule has 0 spiro atoms. The summed E-state index contributed by atoms with van der Waals surface area (Å²) in [6.45, 7) is 4.50. The second-order valence-corrected chi connectivity index (χ2v) is 5.54. The van der Waals surface area contributed by atoms with E-state index in [9.17, 15) is 0 Å². The maximum absolute atomic E-state index is 2.45. The van der Waals surface area contributed by atoms with E-state index in [4.69, 9.17) is 0 Å². The van der Waals surface area contributed by atoms with Crippen LogP contribution in [0.5, 0.6) is 0 Å². The van der Waals surface area contributed by atoms with E-state index < -0.39 is 0 Å². The van der Waals surface area contributed by atoms with E-state index in [2.05, 4.69) is 48.2 Å². The number of anilines is 1. The maximum atomic E-state index is 2.45. The highest BCUT2D eigenvalue weighted by molar-refractivity contribution is 5.48. The van der Waals surface area contributed by atoms with Gasteiger partial charge in [0.2, 0.25) is 0 Å². The average molecular weight is 257 g/mol. The van der Waals surface area contributed by atoms with Crippen LogP contribution in [-0.4, -0.2) is 13.1 Å². The van der Waals surface area contributed by atoms with Gasteiger partial charge in [-0.25, -0.2) is 0 Å². The van der Waals surface area contributed by atoms with Crippen LogP contribution in [-0.2, 0) is 6.42 Å². The van der Waals surface area contributed by atoms with Crippen LogP contribution in [0.15, 0.2) is 36.4 Å². The van der Waals surface area contributed by atoms with Crippen molar-refractivity contribution in [2.75, 3.05) is 18.0 Å². The van der Waals surface area contributed by atoms with Gasteiger partial charge in [-0.2, -0.15) is 0 Å². The Balaban J connectivity index is 1.76. The molecule has 0 atom stereocenters. The highest BCUT2D eigenvalue weighted by atomic mass is 15.1. The summed E-state index contributed by atoms with van der Waals surface area (Å²) in [5.74, 6) is 0. The summed E-state index contributed by atoms with van der Waals surface area (Å²) in [7, 11) is 0. The van der Waals surface area contributed by atoms with Crippen molar-refractivity contribution in [3.63, 3.8) is 0 Å². The Labute approximate surface area is 118 Å². The number of nitrogens with zero attached hydrogens (tertiary/aromatic N) is 1. The van der Waals surface area contributed by atoms with Crippen LogP contribution < -0.4 is 4.90 Å². The van der Waals surface area contributed by atoms with Crippen molar-refractivity contribution in [2.24, 2.45) is 0 Å². The Hall–Kier alpha value is -1.24. The van der Waals surface area contributed by atoms with Gasteiger partial charge in [0, 0.05) is 18.8 Å². The molecule has 104 valence electrons. The molecule has 0 fully saturated rings. The molecule has 0 amide bonds. The summed E-state index contributed by atoms with van der Waals surface area (Å²) >= 11 is 0. The number of unbranched alkanes of at least 4 members (excludes halogenated alkanes) is 4. The SMILES string of the molecule is CCCCCCCc1ccc(N2CC=CCC2)cc1. The lowest BCUT2D eigenvalue weighted by molar-refractivity contribution is 0.632. The molecule has 0 saturated heterocycles. The molecule has 2 rings (SSSR count). The van der Waals surface area contributed by atoms with Crippen molar-refractivity contribution in [1.82, 2.24) is 0 Å². The highest BCUT2D eigenvalue weighted by Crippen LogP contribution is 2.18. The van der Waals surface area contributed by atoms with Gasteiger partial charge in [-0.3, -0.25) is 0 Å². The molecule has 1 aliphatic rings. The lowest BCUT2D eigenvalue weighted by Crippen LogP contribution is -2.26. The number of benzene rings is 1. The van der Waals surface area contributed by atoms with Gasteiger partial charge in [0.05, 0.1) is 0 Å². The van der Waals surface area contributed by atoms with E-state index in [-0.39, 0.29) is 0 Å². The molecule has 0 N–H and O–H groups in total. The molecule has 0 aromatic heterocycles. The monoisotopic (exact) mass is 257 g/mol. The quantitative estimate of drug-likeness (QED) is 0.492. The summed E-state index contributed by atoms with van der Waals surface area (Å²) in [6.07, 6.45) is 13.8. The third-order valence-electron chi connectivity index (χ3n) is 3.93. The number of hydrogen-bond acceptors (Lipinski definition) is 1. The lowest BCUT2D eigenvalue weighted by Gasteiger charge is -2.25. The van der Waals surface area contributed by atoms with Gasteiger partial charge in [-0.1, -0.05) is 56.9 Å². The largest absolute Gasteiger partial charge is 0.368 e. The molecule has 1 heterocycles. The zero-order valence-electron chi connectivity index (χ0n) is 12.3. The predicted octanol–water partition coefficient (Wildman–Crippen LogP) is 4.97. The molecule has 0 unspecified atom stereocenters. The number of aryl methyl sites for hydroxylation is 1. The second kappa shape index (κ2) is 8.04. The molecule has 1 nitrogen and oxygen atoms in total. The molecular weight excluding hydrogens is 230 g/mol. The Morgan fingerprint density at radius 2 is 1.74 bits per heavy atom. The Bertz CT molecular complexity index is 377. The standard InChI is InChI=1S/C18H27N/c1-2-3-4-5-7-10-17-11-13-18(14-12-17)19-15-8-6-9-16-19/h6,8,11-14H,2-5,7,9-10,15-16H2,1H3. The molecular formula is C18H27N. The summed E-state index contributed by atoms with van der Waals surface area (Å²) < 4.78 is 0. The maximum Gasteiger partial charge on any atom is 0.0369 e. The molecule has 0 radical (unpaired) electrons. The summed E-state index contributed by atoms with van der Waals surface area (Å²) in [5.41, 5.74) is 2.87. The first kappa shape index (κ1) is 14.2. The molecule has 1 aliphatic heterocycles. The van der Waals surface area contributed by atoms with Crippen molar-refractivity contribution in [1.29, 1.82) is 0 Å². The molecule has 0 saturated carbocycles. The summed E-state index contributed by atoms with van der Waals surface area (Å²) in [6, 6.07) is 9.21. The number of rotatable bonds is 7. The number of hydrogen-bond donors (Lipinski definition) is 0. The fourth-order valence-corrected chi connectivity index (χ4v) is 2.68.